The maximum Gasteiger partial charge on any atom is 0.119 e. The Morgan fingerprint density at radius 1 is 1.20 bits per heavy atom. The van der Waals surface area contributed by atoms with Gasteiger partial charge in [-0.05, 0) is 58.7 Å². The van der Waals surface area contributed by atoms with Crippen LogP contribution in [0.5, 0.6) is 5.75 Å². The normalized spacial score (nSPS) is 12.2. The molecule has 3 nitrogen and oxygen atoms in total. The minimum Gasteiger partial charge on any atom is -0.494 e. The highest BCUT2D eigenvalue weighted by Gasteiger charge is 2.12. The molecule has 2 aromatic rings. The third kappa shape index (κ3) is 3.81. The first-order valence-electron chi connectivity index (χ1n) is 6.75. The van der Waals surface area contributed by atoms with Crippen LogP contribution in [0.2, 0.25) is 0 Å². The van der Waals surface area contributed by atoms with Gasteiger partial charge >= 0.3 is 0 Å². The highest BCUT2D eigenvalue weighted by molar-refractivity contribution is 9.10. The minimum absolute atomic E-state index is 0.125. The van der Waals surface area contributed by atoms with Crippen molar-refractivity contribution in [3.05, 3.63) is 58.3 Å². The van der Waals surface area contributed by atoms with Crippen molar-refractivity contribution < 1.29 is 4.74 Å². The van der Waals surface area contributed by atoms with Crippen molar-refractivity contribution in [1.29, 1.82) is 0 Å². The van der Waals surface area contributed by atoms with Crippen molar-refractivity contribution >= 4 is 15.9 Å². The van der Waals surface area contributed by atoms with E-state index in [2.05, 4.69) is 51.4 Å². The van der Waals surface area contributed by atoms with Crippen molar-refractivity contribution in [1.82, 2.24) is 10.3 Å². The van der Waals surface area contributed by atoms with Gasteiger partial charge in [0.1, 0.15) is 5.75 Å². The molecule has 106 valence electrons. The first kappa shape index (κ1) is 15.0. The summed E-state index contributed by atoms with van der Waals surface area (Å²) in [6.45, 7) is 2.86. The minimum atomic E-state index is 0.125. The smallest absolute Gasteiger partial charge is 0.119 e. The number of halogens is 1. The third-order valence-electron chi connectivity index (χ3n) is 3.03. The van der Waals surface area contributed by atoms with Crippen molar-refractivity contribution in [2.75, 3.05) is 13.7 Å². The molecule has 1 N–H and O–H groups in total. The van der Waals surface area contributed by atoms with Crippen molar-refractivity contribution in [2.45, 2.75) is 19.4 Å². The summed E-state index contributed by atoms with van der Waals surface area (Å²) in [6.07, 6.45) is 4.69. The largest absolute Gasteiger partial charge is 0.494 e. The van der Waals surface area contributed by atoms with Crippen molar-refractivity contribution in [3.8, 4) is 5.75 Å². The van der Waals surface area contributed by atoms with Gasteiger partial charge in [-0.15, -0.1) is 0 Å². The zero-order valence-electron chi connectivity index (χ0n) is 11.8. The number of hydrogen-bond donors (Lipinski definition) is 1. The number of nitrogens with one attached hydrogen (secondary N) is 1. The van der Waals surface area contributed by atoms with E-state index in [4.69, 9.17) is 4.74 Å². The molecule has 0 fully saturated rings. The summed E-state index contributed by atoms with van der Waals surface area (Å²) < 4.78 is 6.59. The summed E-state index contributed by atoms with van der Waals surface area (Å²) in [5.41, 5.74) is 2.32. The number of ether oxygens (including phenoxy) is 1. The molecule has 0 spiro atoms. The maximum absolute atomic E-state index is 5.61. The van der Waals surface area contributed by atoms with E-state index in [0.29, 0.717) is 0 Å². The van der Waals surface area contributed by atoms with Gasteiger partial charge in [0.25, 0.3) is 0 Å². The second-order valence-electron chi connectivity index (χ2n) is 4.58. The van der Waals surface area contributed by atoms with Crippen LogP contribution in [-0.2, 0) is 0 Å². The van der Waals surface area contributed by atoms with Crippen LogP contribution in [0, 0.1) is 0 Å². The SMILES string of the molecule is CCCOc1ccc(C(NC)c2cncc(Br)c2)cc1. The summed E-state index contributed by atoms with van der Waals surface area (Å²) in [5.74, 6) is 0.915. The molecule has 1 aromatic carbocycles. The number of pyridine rings is 1. The summed E-state index contributed by atoms with van der Waals surface area (Å²) in [7, 11) is 1.95. The van der Waals surface area contributed by atoms with Gasteiger partial charge in [0.05, 0.1) is 12.6 Å². The van der Waals surface area contributed by atoms with E-state index in [9.17, 15) is 0 Å². The molecule has 0 saturated heterocycles. The number of aromatic nitrogens is 1. The molecule has 0 amide bonds. The summed E-state index contributed by atoms with van der Waals surface area (Å²) in [5, 5.41) is 3.32. The van der Waals surface area contributed by atoms with E-state index in [1.54, 1.807) is 6.20 Å². The lowest BCUT2D eigenvalue weighted by atomic mass is 10.0. The average Bonchev–Trinajstić information content (AvgIpc) is 2.47. The Balaban J connectivity index is 2.19. The molecule has 2 rings (SSSR count). The number of hydrogen-bond acceptors (Lipinski definition) is 3. The lowest BCUT2D eigenvalue weighted by Crippen LogP contribution is -2.17. The zero-order chi connectivity index (χ0) is 14.4. The highest BCUT2D eigenvalue weighted by atomic mass is 79.9. The predicted octanol–water partition coefficient (Wildman–Crippen LogP) is 3.94. The number of rotatable bonds is 6. The van der Waals surface area contributed by atoms with Crippen LogP contribution in [0.3, 0.4) is 0 Å². The molecule has 0 aliphatic rings. The van der Waals surface area contributed by atoms with Crippen molar-refractivity contribution in [2.24, 2.45) is 0 Å². The molecule has 0 saturated carbocycles. The Morgan fingerprint density at radius 3 is 2.55 bits per heavy atom. The monoisotopic (exact) mass is 334 g/mol. The van der Waals surface area contributed by atoms with Gasteiger partial charge in [0, 0.05) is 16.9 Å². The second kappa shape index (κ2) is 7.41. The first-order chi connectivity index (χ1) is 9.74. The van der Waals surface area contributed by atoms with Crippen LogP contribution in [0.25, 0.3) is 0 Å². The van der Waals surface area contributed by atoms with Gasteiger partial charge in [-0.2, -0.15) is 0 Å². The molecule has 4 heteroatoms. The molecule has 1 unspecified atom stereocenters. The fraction of sp³-hybridized carbons (Fsp3) is 0.312. The third-order valence-corrected chi connectivity index (χ3v) is 3.47. The Morgan fingerprint density at radius 2 is 1.95 bits per heavy atom. The summed E-state index contributed by atoms with van der Waals surface area (Å²) in [4.78, 5) is 4.23. The van der Waals surface area contributed by atoms with E-state index >= 15 is 0 Å². The summed E-state index contributed by atoms with van der Waals surface area (Å²) in [6, 6.07) is 10.4. The van der Waals surface area contributed by atoms with Crippen LogP contribution >= 0.6 is 15.9 Å². The Hall–Kier alpha value is -1.39. The zero-order valence-corrected chi connectivity index (χ0v) is 13.4. The molecule has 0 aliphatic carbocycles. The standard InChI is InChI=1S/C16H19BrN2O/c1-3-8-20-15-6-4-12(5-7-15)16(18-2)13-9-14(17)11-19-10-13/h4-7,9-11,16,18H,3,8H2,1-2H3. The van der Waals surface area contributed by atoms with Gasteiger partial charge in [-0.3, -0.25) is 4.98 Å². The van der Waals surface area contributed by atoms with Gasteiger partial charge in [0.15, 0.2) is 0 Å². The topological polar surface area (TPSA) is 34.1 Å². The van der Waals surface area contributed by atoms with Crippen LogP contribution in [0.15, 0.2) is 47.2 Å². The molecular formula is C16H19BrN2O. The number of benzene rings is 1. The molecule has 1 heterocycles. The Bertz CT molecular complexity index is 542. The van der Waals surface area contributed by atoms with E-state index in [0.717, 1.165) is 28.8 Å². The predicted molar refractivity (Wildman–Crippen MR) is 85.1 cm³/mol. The molecule has 20 heavy (non-hydrogen) atoms. The fourth-order valence-corrected chi connectivity index (χ4v) is 2.47. The average molecular weight is 335 g/mol. The van der Waals surface area contributed by atoms with E-state index in [1.807, 2.05) is 25.4 Å². The first-order valence-corrected chi connectivity index (χ1v) is 7.54. The van der Waals surface area contributed by atoms with Gasteiger partial charge < -0.3 is 10.1 Å². The molecule has 0 aliphatic heterocycles. The molecule has 0 bridgehead atoms. The van der Waals surface area contributed by atoms with Crippen LogP contribution < -0.4 is 10.1 Å². The lowest BCUT2D eigenvalue weighted by Gasteiger charge is -2.17. The van der Waals surface area contributed by atoms with Gasteiger partial charge in [-0.1, -0.05) is 19.1 Å². The fourth-order valence-electron chi connectivity index (χ4n) is 2.09. The molecule has 1 aromatic heterocycles. The molecule has 0 radical (unpaired) electrons. The Labute approximate surface area is 128 Å². The highest BCUT2D eigenvalue weighted by Crippen LogP contribution is 2.25. The lowest BCUT2D eigenvalue weighted by molar-refractivity contribution is 0.317. The van der Waals surface area contributed by atoms with E-state index in [1.165, 1.54) is 5.56 Å². The van der Waals surface area contributed by atoms with Crippen molar-refractivity contribution in [3.63, 3.8) is 0 Å². The van der Waals surface area contributed by atoms with E-state index < -0.39 is 0 Å². The number of nitrogens with zero attached hydrogens (tertiary/aromatic N) is 1. The quantitative estimate of drug-likeness (QED) is 0.868. The Kier molecular flexibility index (Phi) is 5.56. The maximum atomic E-state index is 5.61. The van der Waals surface area contributed by atoms with Crippen LogP contribution in [-0.4, -0.2) is 18.6 Å². The van der Waals surface area contributed by atoms with Crippen LogP contribution in [0.1, 0.15) is 30.5 Å². The van der Waals surface area contributed by atoms with Crippen LogP contribution in [0.4, 0.5) is 0 Å². The second-order valence-corrected chi connectivity index (χ2v) is 5.49. The van der Waals surface area contributed by atoms with E-state index in [-0.39, 0.29) is 6.04 Å². The molecular weight excluding hydrogens is 316 g/mol. The van der Waals surface area contributed by atoms with Gasteiger partial charge in [-0.25, -0.2) is 0 Å². The molecule has 1 atom stereocenters. The van der Waals surface area contributed by atoms with Gasteiger partial charge in [0.2, 0.25) is 0 Å². The summed E-state index contributed by atoms with van der Waals surface area (Å²) >= 11 is 3.46.